The molecule has 6 nitrogen and oxygen atoms in total. The van der Waals surface area contributed by atoms with Crippen LogP contribution in [0.25, 0.3) is 0 Å². The largest absolute Gasteiger partial charge is 0.362 e. The van der Waals surface area contributed by atoms with Crippen molar-refractivity contribution in [3.8, 4) is 0 Å². The van der Waals surface area contributed by atoms with E-state index < -0.39 is 22.2 Å². The average molecular weight is 382 g/mol. The average Bonchev–Trinajstić information content (AvgIpc) is 2.61. The van der Waals surface area contributed by atoms with Crippen LogP contribution in [0.3, 0.4) is 0 Å². The third-order valence-electron chi connectivity index (χ3n) is 4.22. The van der Waals surface area contributed by atoms with Crippen LogP contribution in [0.5, 0.6) is 0 Å². The van der Waals surface area contributed by atoms with Crippen molar-refractivity contribution in [3.05, 3.63) is 68.7 Å². The fourth-order valence-electron chi connectivity index (χ4n) is 2.92. The number of carbonyl (C=O) groups is 1. The smallest absolute Gasteiger partial charge is 0.327 e. The van der Waals surface area contributed by atoms with Crippen LogP contribution in [-0.2, 0) is 0 Å². The highest BCUT2D eigenvalue weighted by Gasteiger charge is 2.29. The van der Waals surface area contributed by atoms with Crippen LogP contribution in [0.15, 0.2) is 36.4 Å². The maximum Gasteiger partial charge on any atom is 0.327 e. The molecule has 3 rings (SSSR count). The van der Waals surface area contributed by atoms with Gasteiger partial charge in [0.1, 0.15) is 11.5 Å². The van der Waals surface area contributed by atoms with E-state index in [0.717, 1.165) is 18.2 Å². The summed E-state index contributed by atoms with van der Waals surface area (Å²) in [5, 5.41) is 11.2. The topological polar surface area (TPSA) is 66.7 Å². The van der Waals surface area contributed by atoms with Gasteiger partial charge in [0.25, 0.3) is 5.91 Å². The second kappa shape index (κ2) is 7.25. The minimum Gasteiger partial charge on any atom is -0.362 e. The summed E-state index contributed by atoms with van der Waals surface area (Å²) in [6.07, 6.45) is 0. The first-order valence-electron chi connectivity index (χ1n) is 7.80. The molecule has 1 saturated heterocycles. The van der Waals surface area contributed by atoms with Crippen LogP contribution in [0.4, 0.5) is 20.2 Å². The van der Waals surface area contributed by atoms with Crippen molar-refractivity contribution in [1.82, 2.24) is 4.90 Å². The van der Waals surface area contributed by atoms with Crippen molar-refractivity contribution < 1.29 is 18.5 Å². The van der Waals surface area contributed by atoms with E-state index in [1.165, 1.54) is 23.1 Å². The van der Waals surface area contributed by atoms with E-state index in [2.05, 4.69) is 0 Å². The van der Waals surface area contributed by atoms with Crippen LogP contribution < -0.4 is 4.90 Å². The van der Waals surface area contributed by atoms with Crippen molar-refractivity contribution in [1.29, 1.82) is 0 Å². The van der Waals surface area contributed by atoms with E-state index in [9.17, 15) is 23.7 Å². The summed E-state index contributed by atoms with van der Waals surface area (Å²) in [4.78, 5) is 26.1. The number of anilines is 1. The number of carbonyl (C=O) groups excluding carboxylic acids is 1. The molecule has 0 bridgehead atoms. The van der Waals surface area contributed by atoms with Gasteiger partial charge in [0.2, 0.25) is 5.82 Å². The third-order valence-corrected chi connectivity index (χ3v) is 4.53. The maximum absolute atomic E-state index is 13.8. The van der Waals surface area contributed by atoms with Gasteiger partial charge in [0, 0.05) is 26.2 Å². The Morgan fingerprint density at radius 2 is 1.81 bits per heavy atom. The molecular weight excluding hydrogens is 368 g/mol. The van der Waals surface area contributed by atoms with Crippen molar-refractivity contribution in [2.24, 2.45) is 0 Å². The zero-order valence-electron chi connectivity index (χ0n) is 13.5. The molecule has 136 valence electrons. The van der Waals surface area contributed by atoms with Crippen LogP contribution >= 0.6 is 11.6 Å². The second-order valence-corrected chi connectivity index (χ2v) is 6.18. The summed E-state index contributed by atoms with van der Waals surface area (Å²) < 4.78 is 26.9. The summed E-state index contributed by atoms with van der Waals surface area (Å²) in [7, 11) is 0. The maximum atomic E-state index is 13.8. The second-order valence-electron chi connectivity index (χ2n) is 5.77. The first-order chi connectivity index (χ1) is 12.4. The van der Waals surface area contributed by atoms with E-state index >= 15 is 0 Å². The Labute approximate surface area is 152 Å². The zero-order valence-corrected chi connectivity index (χ0v) is 14.2. The van der Waals surface area contributed by atoms with Crippen LogP contribution in [0.2, 0.25) is 5.02 Å². The highest BCUT2D eigenvalue weighted by atomic mass is 35.5. The van der Waals surface area contributed by atoms with E-state index in [1.807, 2.05) is 0 Å². The molecule has 0 spiro atoms. The van der Waals surface area contributed by atoms with Gasteiger partial charge in [-0.15, -0.1) is 0 Å². The van der Waals surface area contributed by atoms with E-state index in [0.29, 0.717) is 13.1 Å². The van der Waals surface area contributed by atoms with Crippen molar-refractivity contribution in [3.63, 3.8) is 0 Å². The molecule has 9 heteroatoms. The number of halogens is 3. The number of nitro benzene ring substituents is 1. The van der Waals surface area contributed by atoms with Crippen molar-refractivity contribution >= 4 is 28.9 Å². The van der Waals surface area contributed by atoms with Crippen LogP contribution in [0.1, 0.15) is 10.4 Å². The van der Waals surface area contributed by atoms with Gasteiger partial charge in [-0.25, -0.2) is 4.39 Å². The highest BCUT2D eigenvalue weighted by Crippen LogP contribution is 2.31. The quantitative estimate of drug-likeness (QED) is 0.603. The van der Waals surface area contributed by atoms with Gasteiger partial charge >= 0.3 is 5.69 Å². The van der Waals surface area contributed by atoms with Gasteiger partial charge in [0.15, 0.2) is 0 Å². The Morgan fingerprint density at radius 1 is 1.12 bits per heavy atom. The highest BCUT2D eigenvalue weighted by molar-refractivity contribution is 6.33. The lowest BCUT2D eigenvalue weighted by molar-refractivity contribution is -0.386. The third kappa shape index (κ3) is 3.45. The van der Waals surface area contributed by atoms with Crippen LogP contribution in [-0.4, -0.2) is 41.9 Å². The predicted octanol–water partition coefficient (Wildman–Crippen LogP) is 3.49. The molecule has 0 N–H and O–H groups in total. The molecular formula is C17H14ClF2N3O3. The van der Waals surface area contributed by atoms with Gasteiger partial charge < -0.3 is 9.80 Å². The number of hydrogen-bond donors (Lipinski definition) is 0. The Bertz CT molecular complexity index is 870. The Hall–Kier alpha value is -2.74. The zero-order chi connectivity index (χ0) is 18.8. The Kier molecular flexibility index (Phi) is 5.03. The number of piperazine rings is 1. The summed E-state index contributed by atoms with van der Waals surface area (Å²) in [6, 6.07) is 7.48. The molecule has 1 aliphatic heterocycles. The number of benzene rings is 2. The summed E-state index contributed by atoms with van der Waals surface area (Å²) >= 11 is 5.93. The molecule has 1 heterocycles. The van der Waals surface area contributed by atoms with Gasteiger partial charge in [-0.2, -0.15) is 4.39 Å². The minimum absolute atomic E-state index is 0.0261. The lowest BCUT2D eigenvalue weighted by Gasteiger charge is -2.36. The Morgan fingerprint density at radius 3 is 2.42 bits per heavy atom. The number of hydrogen-bond acceptors (Lipinski definition) is 4. The van der Waals surface area contributed by atoms with Crippen LogP contribution in [0, 0.1) is 21.7 Å². The fourth-order valence-corrected chi connectivity index (χ4v) is 3.17. The van der Waals surface area contributed by atoms with Crippen molar-refractivity contribution in [2.45, 2.75) is 0 Å². The number of amides is 1. The molecule has 0 aromatic heterocycles. The molecule has 1 amide bonds. The number of rotatable bonds is 3. The summed E-state index contributed by atoms with van der Waals surface area (Å²) in [5.41, 5.74) is -0.200. The molecule has 2 aromatic rings. The van der Waals surface area contributed by atoms with Gasteiger partial charge in [0.05, 0.1) is 15.5 Å². The number of para-hydroxylation sites is 1. The SMILES string of the molecule is O=C(c1ccc(F)cc1Cl)N1CCN(c2cccc(F)c2[N+](=O)[O-])CC1. The molecule has 2 aromatic carbocycles. The number of nitro groups is 1. The minimum atomic E-state index is -0.899. The summed E-state index contributed by atoms with van der Waals surface area (Å²) in [5.74, 6) is -1.78. The summed E-state index contributed by atoms with van der Waals surface area (Å²) in [6.45, 7) is 1.16. The molecule has 1 fully saturated rings. The normalized spacial score (nSPS) is 14.4. The monoisotopic (exact) mass is 381 g/mol. The molecule has 1 aliphatic rings. The van der Waals surface area contributed by atoms with E-state index in [-0.39, 0.29) is 35.3 Å². The van der Waals surface area contributed by atoms with Gasteiger partial charge in [-0.3, -0.25) is 14.9 Å². The molecule has 0 saturated carbocycles. The van der Waals surface area contributed by atoms with Gasteiger partial charge in [-0.05, 0) is 30.3 Å². The fraction of sp³-hybridized carbons (Fsp3) is 0.235. The van der Waals surface area contributed by atoms with E-state index in [1.54, 1.807) is 4.90 Å². The first kappa shape index (κ1) is 18.1. The predicted molar refractivity (Wildman–Crippen MR) is 92.6 cm³/mol. The molecule has 0 radical (unpaired) electrons. The Balaban J connectivity index is 1.75. The number of nitrogens with zero attached hydrogens (tertiary/aromatic N) is 3. The van der Waals surface area contributed by atoms with Crippen molar-refractivity contribution in [2.75, 3.05) is 31.1 Å². The molecule has 0 unspecified atom stereocenters. The lowest BCUT2D eigenvalue weighted by Crippen LogP contribution is -2.49. The molecule has 0 aliphatic carbocycles. The molecule has 0 atom stereocenters. The lowest BCUT2D eigenvalue weighted by atomic mass is 10.1. The standard InChI is InChI=1S/C17H14ClF2N3O3/c18-13-10-11(19)4-5-12(13)17(24)22-8-6-21(7-9-22)15-3-1-2-14(20)16(15)23(25)26/h1-5,10H,6-9H2. The molecule has 26 heavy (non-hydrogen) atoms. The van der Waals surface area contributed by atoms with E-state index in [4.69, 9.17) is 11.6 Å². The first-order valence-corrected chi connectivity index (χ1v) is 8.18. The van der Waals surface area contributed by atoms with Gasteiger partial charge in [-0.1, -0.05) is 17.7 Å².